The molecule has 1 aromatic rings. The summed E-state index contributed by atoms with van der Waals surface area (Å²) in [6.07, 6.45) is 2.48. The summed E-state index contributed by atoms with van der Waals surface area (Å²) in [5, 5.41) is 8.89. The molecule has 0 bridgehead atoms. The molecule has 1 N–H and O–H groups in total. The van der Waals surface area contributed by atoms with Gasteiger partial charge in [0.15, 0.2) is 0 Å². The molecule has 0 aliphatic rings. The molecule has 0 aromatic carbocycles. The SMILES string of the molecule is CC#CCn1ccc(C(=O)O)c1CC. The van der Waals surface area contributed by atoms with Gasteiger partial charge in [-0.1, -0.05) is 12.8 Å². The van der Waals surface area contributed by atoms with Gasteiger partial charge in [-0.05, 0) is 19.4 Å². The lowest BCUT2D eigenvalue weighted by Crippen LogP contribution is -2.05. The lowest BCUT2D eigenvalue weighted by Gasteiger charge is -2.03. The molecular weight excluding hydrogens is 178 g/mol. The van der Waals surface area contributed by atoms with E-state index in [0.717, 1.165) is 5.69 Å². The summed E-state index contributed by atoms with van der Waals surface area (Å²) >= 11 is 0. The zero-order valence-electron chi connectivity index (χ0n) is 8.37. The van der Waals surface area contributed by atoms with Crippen molar-refractivity contribution in [2.45, 2.75) is 26.8 Å². The van der Waals surface area contributed by atoms with E-state index in [4.69, 9.17) is 5.11 Å². The molecule has 74 valence electrons. The average Bonchev–Trinajstić information content (AvgIpc) is 2.57. The summed E-state index contributed by atoms with van der Waals surface area (Å²) in [5.41, 5.74) is 1.21. The first kappa shape index (κ1) is 10.4. The van der Waals surface area contributed by atoms with Gasteiger partial charge in [0.05, 0.1) is 12.1 Å². The van der Waals surface area contributed by atoms with Crippen LogP contribution < -0.4 is 0 Å². The number of rotatable bonds is 3. The fraction of sp³-hybridized carbons (Fsp3) is 0.364. The van der Waals surface area contributed by atoms with Crippen LogP contribution in [0.4, 0.5) is 0 Å². The first-order valence-electron chi connectivity index (χ1n) is 4.51. The van der Waals surface area contributed by atoms with E-state index in [9.17, 15) is 4.79 Å². The topological polar surface area (TPSA) is 42.2 Å². The molecule has 0 amide bonds. The Hall–Kier alpha value is -1.69. The van der Waals surface area contributed by atoms with Crippen molar-refractivity contribution >= 4 is 5.97 Å². The van der Waals surface area contributed by atoms with E-state index in [1.807, 2.05) is 11.5 Å². The summed E-state index contributed by atoms with van der Waals surface area (Å²) in [5.74, 6) is 4.83. The molecule has 3 heteroatoms. The van der Waals surface area contributed by atoms with Gasteiger partial charge in [-0.3, -0.25) is 0 Å². The van der Waals surface area contributed by atoms with Crippen molar-refractivity contribution in [1.82, 2.24) is 4.57 Å². The van der Waals surface area contributed by atoms with Crippen LogP contribution >= 0.6 is 0 Å². The molecule has 0 fully saturated rings. The molecule has 0 atom stereocenters. The van der Waals surface area contributed by atoms with E-state index in [1.165, 1.54) is 0 Å². The molecule has 0 unspecified atom stereocenters. The van der Waals surface area contributed by atoms with Gasteiger partial charge in [-0.25, -0.2) is 4.79 Å². The third-order valence-electron chi connectivity index (χ3n) is 2.07. The van der Waals surface area contributed by atoms with Gasteiger partial charge < -0.3 is 9.67 Å². The predicted octanol–water partition coefficient (Wildman–Crippen LogP) is 1.77. The summed E-state index contributed by atoms with van der Waals surface area (Å²) in [4.78, 5) is 10.8. The van der Waals surface area contributed by atoms with Gasteiger partial charge in [0, 0.05) is 11.9 Å². The lowest BCUT2D eigenvalue weighted by molar-refractivity contribution is 0.0695. The first-order valence-corrected chi connectivity index (χ1v) is 4.51. The molecule has 1 heterocycles. The van der Waals surface area contributed by atoms with Crippen LogP contribution in [0.5, 0.6) is 0 Å². The summed E-state index contributed by atoms with van der Waals surface area (Å²) in [6.45, 7) is 4.28. The van der Waals surface area contributed by atoms with E-state index >= 15 is 0 Å². The van der Waals surface area contributed by atoms with Gasteiger partial charge in [-0.15, -0.1) is 5.92 Å². The molecule has 0 spiro atoms. The molecule has 0 saturated carbocycles. The molecule has 0 aliphatic heterocycles. The van der Waals surface area contributed by atoms with E-state index in [2.05, 4.69) is 11.8 Å². The Morgan fingerprint density at radius 3 is 2.86 bits per heavy atom. The number of aromatic nitrogens is 1. The molecule has 0 aliphatic carbocycles. The van der Waals surface area contributed by atoms with Gasteiger partial charge >= 0.3 is 5.97 Å². The van der Waals surface area contributed by atoms with E-state index in [1.54, 1.807) is 19.2 Å². The average molecular weight is 191 g/mol. The van der Waals surface area contributed by atoms with E-state index in [0.29, 0.717) is 18.5 Å². The van der Waals surface area contributed by atoms with E-state index in [-0.39, 0.29) is 0 Å². The zero-order valence-corrected chi connectivity index (χ0v) is 8.37. The van der Waals surface area contributed by atoms with Crippen molar-refractivity contribution in [2.24, 2.45) is 0 Å². The van der Waals surface area contributed by atoms with Crippen LogP contribution in [0.15, 0.2) is 12.3 Å². The van der Waals surface area contributed by atoms with Crippen molar-refractivity contribution in [3.05, 3.63) is 23.5 Å². The number of nitrogens with zero attached hydrogens (tertiary/aromatic N) is 1. The van der Waals surface area contributed by atoms with Crippen LogP contribution in [0.1, 0.15) is 29.9 Å². The Balaban J connectivity index is 3.04. The Labute approximate surface area is 83.4 Å². The second kappa shape index (κ2) is 4.52. The highest BCUT2D eigenvalue weighted by atomic mass is 16.4. The van der Waals surface area contributed by atoms with Gasteiger partial charge in [0.25, 0.3) is 0 Å². The van der Waals surface area contributed by atoms with Gasteiger partial charge in [-0.2, -0.15) is 0 Å². The smallest absolute Gasteiger partial charge is 0.337 e. The van der Waals surface area contributed by atoms with Crippen LogP contribution in [-0.4, -0.2) is 15.6 Å². The highest BCUT2D eigenvalue weighted by molar-refractivity contribution is 5.89. The van der Waals surface area contributed by atoms with Crippen molar-refractivity contribution in [3.63, 3.8) is 0 Å². The van der Waals surface area contributed by atoms with Crippen molar-refractivity contribution in [3.8, 4) is 11.8 Å². The summed E-state index contributed by atoms with van der Waals surface area (Å²) in [6, 6.07) is 1.62. The first-order chi connectivity index (χ1) is 6.70. The fourth-order valence-electron chi connectivity index (χ4n) is 1.41. The molecular formula is C11H13NO2. The number of carboxylic acids is 1. The minimum atomic E-state index is -0.870. The third kappa shape index (κ3) is 1.97. The normalized spacial score (nSPS) is 9.29. The van der Waals surface area contributed by atoms with Crippen LogP contribution in [0.3, 0.4) is 0 Å². The van der Waals surface area contributed by atoms with Gasteiger partial charge in [0.1, 0.15) is 0 Å². The molecule has 1 rings (SSSR count). The van der Waals surface area contributed by atoms with E-state index < -0.39 is 5.97 Å². The quantitative estimate of drug-likeness (QED) is 0.740. The monoisotopic (exact) mass is 191 g/mol. The predicted molar refractivity (Wildman–Crippen MR) is 54.2 cm³/mol. The van der Waals surface area contributed by atoms with Crippen LogP contribution in [-0.2, 0) is 13.0 Å². The highest BCUT2D eigenvalue weighted by Gasteiger charge is 2.12. The molecule has 3 nitrogen and oxygen atoms in total. The Bertz CT molecular complexity index is 393. The maximum absolute atomic E-state index is 10.8. The third-order valence-corrected chi connectivity index (χ3v) is 2.07. The molecule has 0 radical (unpaired) electrons. The van der Waals surface area contributed by atoms with Gasteiger partial charge in [0.2, 0.25) is 0 Å². The second-order valence-electron chi connectivity index (χ2n) is 2.89. The Morgan fingerprint density at radius 1 is 1.64 bits per heavy atom. The van der Waals surface area contributed by atoms with Crippen molar-refractivity contribution in [1.29, 1.82) is 0 Å². The number of hydrogen-bond donors (Lipinski definition) is 1. The Morgan fingerprint density at radius 2 is 2.36 bits per heavy atom. The lowest BCUT2D eigenvalue weighted by atomic mass is 10.2. The standard InChI is InChI=1S/C11H13NO2/c1-3-5-7-12-8-6-9(11(13)14)10(12)4-2/h6,8H,4,7H2,1-2H3,(H,13,14). The molecule has 0 saturated heterocycles. The van der Waals surface area contributed by atoms with Crippen LogP contribution in [0.25, 0.3) is 0 Å². The fourth-order valence-corrected chi connectivity index (χ4v) is 1.41. The number of hydrogen-bond acceptors (Lipinski definition) is 1. The largest absolute Gasteiger partial charge is 0.478 e. The minimum absolute atomic E-state index is 0.380. The van der Waals surface area contributed by atoms with Crippen LogP contribution in [0.2, 0.25) is 0 Å². The van der Waals surface area contributed by atoms with Crippen LogP contribution in [0, 0.1) is 11.8 Å². The van der Waals surface area contributed by atoms with Crippen molar-refractivity contribution in [2.75, 3.05) is 0 Å². The summed E-state index contributed by atoms with van der Waals surface area (Å²) < 4.78 is 1.87. The highest BCUT2D eigenvalue weighted by Crippen LogP contribution is 2.11. The number of carbonyl (C=O) groups is 1. The minimum Gasteiger partial charge on any atom is -0.478 e. The Kier molecular flexibility index (Phi) is 3.35. The van der Waals surface area contributed by atoms with Crippen molar-refractivity contribution < 1.29 is 9.90 Å². The molecule has 1 aromatic heterocycles. The summed E-state index contributed by atoms with van der Waals surface area (Å²) in [7, 11) is 0. The maximum Gasteiger partial charge on any atom is 0.337 e. The number of carboxylic acid groups (broad SMARTS) is 1. The maximum atomic E-state index is 10.8. The zero-order chi connectivity index (χ0) is 10.6. The second-order valence-corrected chi connectivity index (χ2v) is 2.89. The number of aromatic carboxylic acids is 1. The molecule has 14 heavy (non-hydrogen) atoms.